The van der Waals surface area contributed by atoms with Crippen LogP contribution in [0.2, 0.25) is 0 Å². The predicted molar refractivity (Wildman–Crippen MR) is 59.7 cm³/mol. The van der Waals surface area contributed by atoms with Crippen LogP contribution in [0.25, 0.3) is 0 Å². The lowest BCUT2D eigenvalue weighted by atomic mass is 10.2. The molecule has 5 nitrogen and oxygen atoms in total. The van der Waals surface area contributed by atoms with Gasteiger partial charge in [0.05, 0.1) is 18.7 Å². The molecule has 1 aliphatic rings. The predicted octanol–water partition coefficient (Wildman–Crippen LogP) is 0.527. The first kappa shape index (κ1) is 13.4. The van der Waals surface area contributed by atoms with Crippen LogP contribution in [0.3, 0.4) is 0 Å². The molecule has 0 radical (unpaired) electrons. The van der Waals surface area contributed by atoms with E-state index in [1.807, 2.05) is 0 Å². The van der Waals surface area contributed by atoms with Crippen LogP contribution in [0.4, 0.5) is 0 Å². The Labute approximate surface area is 99.2 Å². The number of carbonyl (C=O) groups excluding carboxylic acids is 2. The monoisotopic (exact) mass is 267 g/mol. The fourth-order valence-electron chi connectivity index (χ4n) is 1.60. The molecule has 1 rings (SSSR count). The highest BCUT2D eigenvalue weighted by Gasteiger charge is 2.26. The Bertz CT molecular complexity index is 379. The molecule has 0 aliphatic carbocycles. The van der Waals surface area contributed by atoms with Gasteiger partial charge in [-0.05, 0) is 12.8 Å². The van der Waals surface area contributed by atoms with Gasteiger partial charge in [-0.2, -0.15) is 0 Å². The topological polar surface area (TPSA) is 71.5 Å². The highest BCUT2D eigenvalue weighted by molar-refractivity contribution is 8.13. The second kappa shape index (κ2) is 5.63. The number of hydrogen-bond donors (Lipinski definition) is 0. The third-order valence-electron chi connectivity index (χ3n) is 2.38. The molecular weight excluding hydrogens is 254 g/mol. The van der Waals surface area contributed by atoms with Crippen molar-refractivity contribution in [2.24, 2.45) is 0 Å². The maximum absolute atomic E-state index is 11.2. The molecule has 0 unspecified atom stereocenters. The zero-order valence-electron chi connectivity index (χ0n) is 8.82. The van der Waals surface area contributed by atoms with Gasteiger partial charge in [-0.15, -0.1) is 0 Å². The van der Waals surface area contributed by atoms with Crippen molar-refractivity contribution in [3.8, 4) is 0 Å². The minimum absolute atomic E-state index is 0.00998. The molecule has 0 aromatic heterocycles. The molecule has 0 atom stereocenters. The maximum Gasteiger partial charge on any atom is 0.232 e. The molecule has 1 amide bonds. The van der Waals surface area contributed by atoms with Gasteiger partial charge in [0, 0.05) is 17.2 Å². The van der Waals surface area contributed by atoms with Crippen molar-refractivity contribution in [1.29, 1.82) is 0 Å². The van der Waals surface area contributed by atoms with Gasteiger partial charge >= 0.3 is 0 Å². The first-order valence-electron chi connectivity index (χ1n) is 5.10. The number of Topliss-reactive ketones (excluding diaryl/α,β-unsaturated/α-hetero) is 1. The molecule has 1 fully saturated rings. The highest BCUT2D eigenvalue weighted by atomic mass is 35.7. The summed E-state index contributed by atoms with van der Waals surface area (Å²) in [7, 11) is 1.64. The zero-order valence-corrected chi connectivity index (χ0v) is 10.4. The lowest BCUT2D eigenvalue weighted by molar-refractivity contribution is -0.127. The molecular formula is C9H14ClNO4S. The van der Waals surface area contributed by atoms with E-state index < -0.39 is 9.05 Å². The summed E-state index contributed by atoms with van der Waals surface area (Å²) in [6, 6.07) is 0. The Morgan fingerprint density at radius 3 is 2.38 bits per heavy atom. The smallest absolute Gasteiger partial charge is 0.232 e. The van der Waals surface area contributed by atoms with E-state index >= 15 is 0 Å². The quantitative estimate of drug-likeness (QED) is 0.400. The van der Waals surface area contributed by atoms with Crippen LogP contribution in [0.5, 0.6) is 0 Å². The number of carbonyl (C=O) groups is 2. The molecule has 0 spiro atoms. The lowest BCUT2D eigenvalue weighted by Gasteiger charge is -2.13. The number of ketones is 1. The average Bonchev–Trinajstić information content (AvgIpc) is 2.42. The van der Waals surface area contributed by atoms with Crippen molar-refractivity contribution in [1.82, 2.24) is 4.90 Å². The molecule has 0 aromatic rings. The summed E-state index contributed by atoms with van der Waals surface area (Å²) >= 11 is 0. The number of amides is 1. The fraction of sp³-hybridized carbons (Fsp3) is 0.778. The molecule has 16 heavy (non-hydrogen) atoms. The second-order valence-electron chi connectivity index (χ2n) is 3.83. The van der Waals surface area contributed by atoms with Gasteiger partial charge in [-0.3, -0.25) is 9.59 Å². The Kier molecular flexibility index (Phi) is 4.73. The minimum atomic E-state index is -3.41. The van der Waals surface area contributed by atoms with E-state index in [1.54, 1.807) is 0 Å². The van der Waals surface area contributed by atoms with Crippen LogP contribution in [0, 0.1) is 0 Å². The van der Waals surface area contributed by atoms with E-state index in [9.17, 15) is 18.0 Å². The summed E-state index contributed by atoms with van der Waals surface area (Å²) in [6.45, 7) is 0.722. The number of unbranched alkanes of at least 4 members (excludes halogenated alkanes) is 2. The van der Waals surface area contributed by atoms with E-state index in [2.05, 4.69) is 0 Å². The number of nitrogens with zero attached hydrogens (tertiary/aromatic N) is 1. The van der Waals surface area contributed by atoms with Gasteiger partial charge in [-0.1, -0.05) is 6.42 Å². The third kappa shape index (κ3) is 4.94. The Morgan fingerprint density at radius 1 is 1.19 bits per heavy atom. The molecule has 1 aliphatic heterocycles. The largest absolute Gasteiger partial charge is 0.335 e. The molecule has 92 valence electrons. The lowest BCUT2D eigenvalue weighted by Crippen LogP contribution is -2.26. The van der Waals surface area contributed by atoms with Gasteiger partial charge in [0.25, 0.3) is 0 Å². The summed E-state index contributed by atoms with van der Waals surface area (Å²) in [5.41, 5.74) is 0. The van der Waals surface area contributed by atoms with E-state index in [0.717, 1.165) is 0 Å². The van der Waals surface area contributed by atoms with Crippen LogP contribution >= 0.6 is 10.7 Å². The van der Waals surface area contributed by atoms with Crippen LogP contribution < -0.4 is 0 Å². The van der Waals surface area contributed by atoms with Crippen LogP contribution in [0.15, 0.2) is 0 Å². The number of halogens is 1. The van der Waals surface area contributed by atoms with Gasteiger partial charge in [0.1, 0.15) is 0 Å². The summed E-state index contributed by atoms with van der Waals surface area (Å²) in [4.78, 5) is 23.6. The average molecular weight is 268 g/mol. The SMILES string of the molecule is O=C1CC(=O)N(CCCCCS(=O)(=O)Cl)C1. The van der Waals surface area contributed by atoms with Crippen molar-refractivity contribution < 1.29 is 18.0 Å². The van der Waals surface area contributed by atoms with E-state index in [0.29, 0.717) is 25.8 Å². The molecule has 1 heterocycles. The van der Waals surface area contributed by atoms with Crippen molar-refractivity contribution in [3.63, 3.8) is 0 Å². The minimum Gasteiger partial charge on any atom is -0.335 e. The first-order chi connectivity index (χ1) is 7.38. The fourth-order valence-corrected chi connectivity index (χ4v) is 2.47. The summed E-state index contributed by atoms with van der Waals surface area (Å²) in [6.07, 6.45) is 1.88. The Hall–Kier alpha value is -0.620. The van der Waals surface area contributed by atoms with Crippen LogP contribution in [-0.4, -0.2) is 43.9 Å². The molecule has 7 heteroatoms. The molecule has 0 N–H and O–H groups in total. The van der Waals surface area contributed by atoms with E-state index in [4.69, 9.17) is 10.7 Å². The van der Waals surface area contributed by atoms with E-state index in [1.165, 1.54) is 4.90 Å². The maximum atomic E-state index is 11.2. The number of hydrogen-bond acceptors (Lipinski definition) is 4. The third-order valence-corrected chi connectivity index (χ3v) is 3.62. The van der Waals surface area contributed by atoms with Crippen LogP contribution in [0.1, 0.15) is 25.7 Å². The van der Waals surface area contributed by atoms with E-state index in [-0.39, 0.29) is 30.4 Å². The van der Waals surface area contributed by atoms with Gasteiger partial charge in [0.15, 0.2) is 5.78 Å². The van der Waals surface area contributed by atoms with Crippen molar-refractivity contribution >= 4 is 31.4 Å². The highest BCUT2D eigenvalue weighted by Crippen LogP contribution is 2.09. The Morgan fingerprint density at radius 2 is 1.88 bits per heavy atom. The van der Waals surface area contributed by atoms with Crippen molar-refractivity contribution in [3.05, 3.63) is 0 Å². The van der Waals surface area contributed by atoms with Gasteiger partial charge in [-0.25, -0.2) is 8.42 Å². The summed E-state index contributed by atoms with van der Waals surface area (Å²) in [5.74, 6) is -0.218. The van der Waals surface area contributed by atoms with Crippen LogP contribution in [-0.2, 0) is 18.6 Å². The first-order valence-corrected chi connectivity index (χ1v) is 7.58. The molecule has 0 aromatic carbocycles. The summed E-state index contributed by atoms with van der Waals surface area (Å²) < 4.78 is 21.2. The Balaban J connectivity index is 2.12. The second-order valence-corrected chi connectivity index (χ2v) is 6.73. The summed E-state index contributed by atoms with van der Waals surface area (Å²) in [5, 5.41) is 0. The number of rotatable bonds is 6. The van der Waals surface area contributed by atoms with Crippen molar-refractivity contribution in [2.75, 3.05) is 18.8 Å². The molecule has 1 saturated heterocycles. The van der Waals surface area contributed by atoms with Gasteiger partial charge < -0.3 is 4.90 Å². The van der Waals surface area contributed by atoms with Crippen molar-refractivity contribution in [2.45, 2.75) is 25.7 Å². The van der Waals surface area contributed by atoms with Gasteiger partial charge in [0.2, 0.25) is 15.0 Å². The molecule has 0 saturated carbocycles. The molecule has 0 bridgehead atoms. The normalized spacial score (nSPS) is 17.2. The standard InChI is InChI=1S/C9H14ClNO4S/c10-16(14,15)5-3-1-2-4-11-7-8(12)6-9(11)13/h1-7H2. The number of likely N-dealkylation sites (tertiary alicyclic amines) is 1. The zero-order chi connectivity index (χ0) is 12.2.